The molecule has 2 rings (SSSR count). The van der Waals surface area contributed by atoms with Gasteiger partial charge in [0.15, 0.2) is 11.5 Å². The zero-order valence-corrected chi connectivity index (χ0v) is 6.44. The summed E-state index contributed by atoms with van der Waals surface area (Å²) < 4.78 is 4.57. The van der Waals surface area contributed by atoms with Gasteiger partial charge in [-0.25, -0.2) is 4.79 Å². The van der Waals surface area contributed by atoms with Crippen molar-refractivity contribution >= 4 is 5.97 Å². The smallest absolute Gasteiger partial charge is 0.342 e. The standard InChI is InChI=1S/C8H6O5/c9-4-1-5(10)7(11)3-2-13-8(12)6(3)4/h1,9-11H,2H2. The Morgan fingerprint density at radius 1 is 1.23 bits per heavy atom. The third-order valence-electron chi connectivity index (χ3n) is 1.91. The van der Waals surface area contributed by atoms with Gasteiger partial charge in [-0.05, 0) is 0 Å². The van der Waals surface area contributed by atoms with Crippen LogP contribution in [0.4, 0.5) is 0 Å². The summed E-state index contributed by atoms with van der Waals surface area (Å²) in [6.45, 7) is -0.123. The summed E-state index contributed by atoms with van der Waals surface area (Å²) in [7, 11) is 0. The van der Waals surface area contributed by atoms with Crippen molar-refractivity contribution < 1.29 is 24.9 Å². The molecule has 0 spiro atoms. The average molecular weight is 182 g/mol. The number of ether oxygens (including phenoxy) is 1. The first-order chi connectivity index (χ1) is 6.11. The molecule has 0 radical (unpaired) electrons. The van der Waals surface area contributed by atoms with E-state index in [1.165, 1.54) is 0 Å². The van der Waals surface area contributed by atoms with Crippen molar-refractivity contribution in [3.8, 4) is 17.2 Å². The van der Waals surface area contributed by atoms with Crippen molar-refractivity contribution in [2.45, 2.75) is 6.61 Å². The van der Waals surface area contributed by atoms with Gasteiger partial charge in [0.1, 0.15) is 17.9 Å². The minimum Gasteiger partial charge on any atom is -0.507 e. The number of carbonyl (C=O) groups excluding carboxylic acids is 1. The number of phenolic OH excluding ortho intramolecular Hbond substituents is 3. The zero-order chi connectivity index (χ0) is 9.59. The fourth-order valence-corrected chi connectivity index (χ4v) is 1.28. The van der Waals surface area contributed by atoms with E-state index in [4.69, 9.17) is 5.11 Å². The van der Waals surface area contributed by atoms with Gasteiger partial charge in [0, 0.05) is 6.07 Å². The molecule has 1 aromatic rings. The molecule has 0 saturated carbocycles. The minimum absolute atomic E-state index is 0.0738. The van der Waals surface area contributed by atoms with Gasteiger partial charge in [0.05, 0.1) is 5.56 Å². The van der Waals surface area contributed by atoms with Crippen LogP contribution in [0.15, 0.2) is 6.07 Å². The Hall–Kier alpha value is -1.91. The SMILES string of the molecule is O=C1OCc2c(O)c(O)cc(O)c21. The summed E-state index contributed by atoms with van der Waals surface area (Å²) in [5.41, 5.74) is 0.0535. The van der Waals surface area contributed by atoms with Gasteiger partial charge in [-0.1, -0.05) is 0 Å². The molecule has 0 fully saturated rings. The number of aromatic hydroxyl groups is 3. The molecule has 0 atom stereocenters. The first-order valence-electron chi connectivity index (χ1n) is 3.55. The van der Waals surface area contributed by atoms with Crippen molar-refractivity contribution in [1.82, 2.24) is 0 Å². The van der Waals surface area contributed by atoms with E-state index in [2.05, 4.69) is 4.74 Å². The minimum atomic E-state index is -0.692. The molecule has 0 saturated heterocycles. The summed E-state index contributed by atoms with van der Waals surface area (Å²) in [5, 5.41) is 27.6. The Labute approximate surface area is 72.8 Å². The van der Waals surface area contributed by atoms with Gasteiger partial charge in [-0.3, -0.25) is 0 Å². The maximum Gasteiger partial charge on any atom is 0.342 e. The number of cyclic esters (lactones) is 1. The van der Waals surface area contributed by atoms with Crippen molar-refractivity contribution in [2.24, 2.45) is 0 Å². The normalized spacial score (nSPS) is 14.0. The van der Waals surface area contributed by atoms with E-state index in [1.54, 1.807) is 0 Å². The Morgan fingerprint density at radius 3 is 2.62 bits per heavy atom. The lowest BCUT2D eigenvalue weighted by Crippen LogP contribution is -1.94. The molecule has 1 aliphatic heterocycles. The zero-order valence-electron chi connectivity index (χ0n) is 6.44. The second kappa shape index (κ2) is 2.29. The van der Waals surface area contributed by atoms with E-state index in [9.17, 15) is 15.0 Å². The van der Waals surface area contributed by atoms with Crippen LogP contribution < -0.4 is 0 Å². The highest BCUT2D eigenvalue weighted by Crippen LogP contribution is 2.40. The van der Waals surface area contributed by atoms with Crippen LogP contribution in [-0.2, 0) is 11.3 Å². The van der Waals surface area contributed by atoms with Crippen LogP contribution in [0, 0.1) is 0 Å². The number of esters is 1. The number of hydrogen-bond acceptors (Lipinski definition) is 5. The number of carbonyl (C=O) groups is 1. The second-order valence-electron chi connectivity index (χ2n) is 2.69. The van der Waals surface area contributed by atoms with Crippen molar-refractivity contribution in [2.75, 3.05) is 0 Å². The van der Waals surface area contributed by atoms with Gasteiger partial charge < -0.3 is 20.1 Å². The number of fused-ring (bicyclic) bond motifs is 1. The third kappa shape index (κ3) is 0.900. The van der Waals surface area contributed by atoms with Crippen LogP contribution in [0.3, 0.4) is 0 Å². The van der Waals surface area contributed by atoms with Crippen molar-refractivity contribution in [3.63, 3.8) is 0 Å². The molecule has 0 amide bonds. The Balaban J connectivity index is 2.76. The Morgan fingerprint density at radius 2 is 1.92 bits per heavy atom. The fourth-order valence-electron chi connectivity index (χ4n) is 1.28. The highest BCUT2D eigenvalue weighted by atomic mass is 16.5. The largest absolute Gasteiger partial charge is 0.507 e. The van der Waals surface area contributed by atoms with E-state index in [1.807, 2.05) is 0 Å². The quantitative estimate of drug-likeness (QED) is 0.308. The second-order valence-corrected chi connectivity index (χ2v) is 2.69. The summed E-state index contributed by atoms with van der Waals surface area (Å²) >= 11 is 0. The molecule has 3 N–H and O–H groups in total. The number of benzene rings is 1. The molecule has 5 nitrogen and oxygen atoms in total. The lowest BCUT2D eigenvalue weighted by Gasteiger charge is -2.03. The third-order valence-corrected chi connectivity index (χ3v) is 1.91. The molecular weight excluding hydrogens is 176 g/mol. The molecule has 68 valence electrons. The Bertz CT molecular complexity index is 396. The molecule has 13 heavy (non-hydrogen) atoms. The maximum absolute atomic E-state index is 11.0. The lowest BCUT2D eigenvalue weighted by atomic mass is 10.1. The summed E-state index contributed by atoms with van der Waals surface area (Å²) in [4.78, 5) is 11.0. The summed E-state index contributed by atoms with van der Waals surface area (Å²) in [6, 6.07) is 0.904. The molecule has 0 aliphatic carbocycles. The van der Waals surface area contributed by atoms with Gasteiger partial charge in [-0.2, -0.15) is 0 Å². The van der Waals surface area contributed by atoms with Crippen LogP contribution in [-0.4, -0.2) is 21.3 Å². The highest BCUT2D eigenvalue weighted by molar-refractivity contribution is 5.97. The van der Waals surface area contributed by atoms with Gasteiger partial charge in [0.2, 0.25) is 0 Å². The van der Waals surface area contributed by atoms with Crippen molar-refractivity contribution in [1.29, 1.82) is 0 Å². The molecule has 1 heterocycles. The van der Waals surface area contributed by atoms with Crippen LogP contribution in [0.1, 0.15) is 15.9 Å². The predicted molar refractivity (Wildman–Crippen MR) is 40.6 cm³/mol. The van der Waals surface area contributed by atoms with Crippen LogP contribution in [0.5, 0.6) is 17.2 Å². The monoisotopic (exact) mass is 182 g/mol. The van der Waals surface area contributed by atoms with Crippen LogP contribution >= 0.6 is 0 Å². The van der Waals surface area contributed by atoms with Gasteiger partial charge >= 0.3 is 5.97 Å². The van der Waals surface area contributed by atoms with Gasteiger partial charge in [-0.15, -0.1) is 0 Å². The maximum atomic E-state index is 11.0. The van der Waals surface area contributed by atoms with E-state index < -0.39 is 17.5 Å². The molecule has 0 bridgehead atoms. The molecule has 0 aromatic heterocycles. The molecule has 0 unspecified atom stereocenters. The molecule has 5 heteroatoms. The number of phenols is 3. The van der Waals surface area contributed by atoms with E-state index in [-0.39, 0.29) is 23.5 Å². The average Bonchev–Trinajstić information content (AvgIpc) is 2.44. The van der Waals surface area contributed by atoms with E-state index in [0.717, 1.165) is 6.07 Å². The van der Waals surface area contributed by atoms with E-state index >= 15 is 0 Å². The Kier molecular flexibility index (Phi) is 1.36. The molecule has 1 aliphatic rings. The summed E-state index contributed by atoms with van der Waals surface area (Å²) in [5.74, 6) is -1.95. The predicted octanol–water partition coefficient (Wildman–Crippen LogP) is 0.474. The van der Waals surface area contributed by atoms with Crippen LogP contribution in [0.25, 0.3) is 0 Å². The first kappa shape index (κ1) is 7.72. The number of hydrogen-bond donors (Lipinski definition) is 3. The van der Waals surface area contributed by atoms with Crippen LogP contribution in [0.2, 0.25) is 0 Å². The first-order valence-corrected chi connectivity index (χ1v) is 3.55. The molecule has 1 aromatic carbocycles. The van der Waals surface area contributed by atoms with E-state index in [0.29, 0.717) is 0 Å². The van der Waals surface area contributed by atoms with Gasteiger partial charge in [0.25, 0.3) is 0 Å². The summed E-state index contributed by atoms with van der Waals surface area (Å²) in [6.07, 6.45) is 0. The lowest BCUT2D eigenvalue weighted by molar-refractivity contribution is 0.0532. The topological polar surface area (TPSA) is 87.0 Å². The number of rotatable bonds is 0. The molecular formula is C8H6O5. The highest BCUT2D eigenvalue weighted by Gasteiger charge is 2.29. The fraction of sp³-hybridized carbons (Fsp3) is 0.125. The van der Waals surface area contributed by atoms with Crippen molar-refractivity contribution in [3.05, 3.63) is 17.2 Å².